The van der Waals surface area contributed by atoms with Crippen molar-refractivity contribution in [2.24, 2.45) is 0 Å². The van der Waals surface area contributed by atoms with Gasteiger partial charge in [-0.2, -0.15) is 0 Å². The topological polar surface area (TPSA) is 73.3 Å². The Morgan fingerprint density at radius 1 is 1.38 bits per heavy atom. The minimum absolute atomic E-state index is 0.0907. The van der Waals surface area contributed by atoms with E-state index in [1.807, 2.05) is 0 Å². The first-order valence-corrected chi connectivity index (χ1v) is 4.87. The fraction of sp³-hybridized carbons (Fsp3) is 0.222. The predicted octanol–water partition coefficient (Wildman–Crippen LogP) is 0.957. The Labute approximate surface area is 96.2 Å². The summed E-state index contributed by atoms with van der Waals surface area (Å²) in [5.41, 5.74) is 0. The number of amides is 1. The summed E-state index contributed by atoms with van der Waals surface area (Å²) in [5.74, 6) is -0.195. The van der Waals surface area contributed by atoms with E-state index in [2.05, 4.69) is 15.3 Å². The number of aromatic nitrogens is 2. The molecule has 1 amide bonds. The van der Waals surface area contributed by atoms with Crippen LogP contribution in [0, 0.1) is 0 Å². The minimum atomic E-state index is -0.470. The molecule has 0 radical (unpaired) electrons. The smallest absolute Gasteiger partial charge is 0.295 e. The number of hydrogen-bond donors (Lipinski definition) is 1. The van der Waals surface area contributed by atoms with Crippen LogP contribution in [-0.4, -0.2) is 29.1 Å². The van der Waals surface area contributed by atoms with E-state index in [0.29, 0.717) is 13.2 Å². The first kappa shape index (κ1) is 10.7. The van der Waals surface area contributed by atoms with E-state index < -0.39 is 5.91 Å². The molecule has 0 fully saturated rings. The molecule has 1 aromatic heterocycles. The monoisotopic (exact) mass is 241 g/mol. The number of hydrogen-bond acceptors (Lipinski definition) is 5. The standard InChI is InChI=1S/C9H8ClN3O3/c10-7-8(12-2-1-11-7)13-9(14)6-5-15-3-4-16-6/h1-2,5H,3-4H2,(H,12,13,14). The fourth-order valence-electron chi connectivity index (χ4n) is 1.06. The molecule has 1 N–H and O–H groups in total. The van der Waals surface area contributed by atoms with E-state index in [0.717, 1.165) is 0 Å². The van der Waals surface area contributed by atoms with E-state index >= 15 is 0 Å². The van der Waals surface area contributed by atoms with Crippen LogP contribution in [0.5, 0.6) is 0 Å². The third-order valence-electron chi connectivity index (χ3n) is 1.76. The van der Waals surface area contributed by atoms with Crippen molar-refractivity contribution in [3.8, 4) is 0 Å². The Kier molecular flexibility index (Phi) is 3.21. The first-order chi connectivity index (χ1) is 7.77. The van der Waals surface area contributed by atoms with E-state index in [4.69, 9.17) is 21.1 Å². The second kappa shape index (κ2) is 4.80. The normalized spacial score (nSPS) is 14.4. The first-order valence-electron chi connectivity index (χ1n) is 4.50. The van der Waals surface area contributed by atoms with Gasteiger partial charge in [-0.15, -0.1) is 0 Å². The largest absolute Gasteiger partial charge is 0.494 e. The van der Waals surface area contributed by atoms with Crippen molar-refractivity contribution in [3.05, 3.63) is 29.6 Å². The average molecular weight is 242 g/mol. The fourth-order valence-corrected chi connectivity index (χ4v) is 1.21. The third-order valence-corrected chi connectivity index (χ3v) is 2.04. The van der Waals surface area contributed by atoms with Crippen molar-refractivity contribution in [2.45, 2.75) is 0 Å². The number of carbonyl (C=O) groups excluding carboxylic acids is 1. The predicted molar refractivity (Wildman–Crippen MR) is 55.7 cm³/mol. The lowest BCUT2D eigenvalue weighted by Crippen LogP contribution is -2.21. The molecule has 7 heteroatoms. The molecule has 6 nitrogen and oxygen atoms in total. The summed E-state index contributed by atoms with van der Waals surface area (Å²) in [6, 6.07) is 0. The molecule has 0 spiro atoms. The van der Waals surface area contributed by atoms with Crippen molar-refractivity contribution in [2.75, 3.05) is 18.5 Å². The summed E-state index contributed by atoms with van der Waals surface area (Å²) < 4.78 is 10.0. The van der Waals surface area contributed by atoms with Gasteiger partial charge in [-0.3, -0.25) is 4.79 Å². The molecule has 1 aliphatic heterocycles. The van der Waals surface area contributed by atoms with Crippen LogP contribution >= 0.6 is 11.6 Å². The van der Waals surface area contributed by atoms with E-state index in [-0.39, 0.29) is 16.7 Å². The van der Waals surface area contributed by atoms with Crippen LogP contribution in [0.3, 0.4) is 0 Å². The molecule has 0 bridgehead atoms. The van der Waals surface area contributed by atoms with Crippen LogP contribution in [0.2, 0.25) is 5.15 Å². The zero-order chi connectivity index (χ0) is 11.4. The lowest BCUT2D eigenvalue weighted by Gasteiger charge is -2.14. The summed E-state index contributed by atoms with van der Waals surface area (Å²) in [7, 11) is 0. The Hall–Kier alpha value is -1.82. The highest BCUT2D eigenvalue weighted by Gasteiger charge is 2.16. The molecule has 84 valence electrons. The van der Waals surface area contributed by atoms with Crippen LogP contribution in [0.15, 0.2) is 24.4 Å². The number of rotatable bonds is 2. The van der Waals surface area contributed by atoms with Gasteiger partial charge in [0.2, 0.25) is 5.76 Å². The van der Waals surface area contributed by atoms with Crippen molar-refractivity contribution >= 4 is 23.3 Å². The van der Waals surface area contributed by atoms with Gasteiger partial charge in [-0.25, -0.2) is 9.97 Å². The summed E-state index contributed by atoms with van der Waals surface area (Å²) in [4.78, 5) is 19.2. The molecule has 0 aliphatic carbocycles. The number of carbonyl (C=O) groups is 1. The van der Waals surface area contributed by atoms with Gasteiger partial charge in [0.05, 0.1) is 0 Å². The van der Waals surface area contributed by atoms with Gasteiger partial charge < -0.3 is 14.8 Å². The molecular formula is C9H8ClN3O3. The lowest BCUT2D eigenvalue weighted by molar-refractivity contribution is -0.117. The number of nitrogens with zero attached hydrogens (tertiary/aromatic N) is 2. The minimum Gasteiger partial charge on any atom is -0.494 e. The highest BCUT2D eigenvalue weighted by Crippen LogP contribution is 2.15. The molecule has 1 aliphatic rings. The van der Waals surface area contributed by atoms with E-state index in [1.165, 1.54) is 18.7 Å². The van der Waals surface area contributed by atoms with Gasteiger partial charge >= 0.3 is 0 Å². The molecule has 2 heterocycles. The zero-order valence-electron chi connectivity index (χ0n) is 8.14. The Balaban J connectivity index is 2.07. The van der Waals surface area contributed by atoms with E-state index in [9.17, 15) is 4.79 Å². The summed E-state index contributed by atoms with van der Waals surface area (Å²) in [6.07, 6.45) is 4.11. The van der Waals surface area contributed by atoms with Gasteiger partial charge in [0.1, 0.15) is 19.5 Å². The van der Waals surface area contributed by atoms with Crippen molar-refractivity contribution in [3.63, 3.8) is 0 Å². The lowest BCUT2D eigenvalue weighted by atomic mass is 10.4. The number of nitrogens with one attached hydrogen (secondary N) is 1. The van der Waals surface area contributed by atoms with Crippen molar-refractivity contribution in [1.29, 1.82) is 0 Å². The van der Waals surface area contributed by atoms with Gasteiger partial charge in [-0.05, 0) is 0 Å². The highest BCUT2D eigenvalue weighted by molar-refractivity contribution is 6.32. The zero-order valence-corrected chi connectivity index (χ0v) is 8.90. The van der Waals surface area contributed by atoms with Crippen molar-refractivity contribution in [1.82, 2.24) is 9.97 Å². The van der Waals surface area contributed by atoms with Crippen LogP contribution in [0.25, 0.3) is 0 Å². The molecule has 2 rings (SSSR count). The highest BCUT2D eigenvalue weighted by atomic mass is 35.5. The second-order valence-corrected chi connectivity index (χ2v) is 3.21. The van der Waals surface area contributed by atoms with E-state index in [1.54, 1.807) is 0 Å². The molecule has 0 unspecified atom stereocenters. The SMILES string of the molecule is O=C(Nc1nccnc1Cl)C1=COCCO1. The number of halogens is 1. The van der Waals surface area contributed by atoms with Crippen molar-refractivity contribution < 1.29 is 14.3 Å². The van der Waals surface area contributed by atoms with Gasteiger partial charge in [-0.1, -0.05) is 11.6 Å². The van der Waals surface area contributed by atoms with Crippen LogP contribution in [-0.2, 0) is 14.3 Å². The van der Waals surface area contributed by atoms with Crippen LogP contribution < -0.4 is 5.32 Å². The molecule has 16 heavy (non-hydrogen) atoms. The maximum absolute atomic E-state index is 11.6. The summed E-state index contributed by atoms with van der Waals surface area (Å²) in [5, 5.41) is 2.58. The quantitative estimate of drug-likeness (QED) is 0.835. The Morgan fingerprint density at radius 2 is 2.19 bits per heavy atom. The number of ether oxygens (including phenoxy) is 2. The van der Waals surface area contributed by atoms with Gasteiger partial charge in [0, 0.05) is 12.4 Å². The second-order valence-electron chi connectivity index (χ2n) is 2.85. The maximum atomic E-state index is 11.6. The van der Waals surface area contributed by atoms with Crippen LogP contribution in [0.1, 0.15) is 0 Å². The molecule has 0 saturated carbocycles. The van der Waals surface area contributed by atoms with Gasteiger partial charge in [0.25, 0.3) is 5.91 Å². The third kappa shape index (κ3) is 2.40. The Morgan fingerprint density at radius 3 is 2.88 bits per heavy atom. The maximum Gasteiger partial charge on any atom is 0.295 e. The van der Waals surface area contributed by atoms with Crippen LogP contribution in [0.4, 0.5) is 5.82 Å². The molecule has 1 aromatic rings. The average Bonchev–Trinajstić information content (AvgIpc) is 2.33. The molecule has 0 saturated heterocycles. The summed E-state index contributed by atoms with van der Waals surface area (Å²) >= 11 is 5.73. The van der Waals surface area contributed by atoms with Gasteiger partial charge in [0.15, 0.2) is 11.0 Å². The molecule has 0 aromatic carbocycles. The summed E-state index contributed by atoms with van der Waals surface area (Å²) in [6.45, 7) is 0.774. The molecular weight excluding hydrogens is 234 g/mol. The number of anilines is 1. The Bertz CT molecular complexity index is 436. The molecule has 0 atom stereocenters.